The van der Waals surface area contributed by atoms with Crippen molar-refractivity contribution in [2.24, 2.45) is 5.73 Å². The average Bonchev–Trinajstić information content (AvgIpc) is 2.64. The molecule has 0 saturated heterocycles. The molecule has 1 rings (SSSR count). The van der Waals surface area contributed by atoms with Crippen LogP contribution in [0.25, 0.3) is 0 Å². The van der Waals surface area contributed by atoms with Gasteiger partial charge in [0.15, 0.2) is 0 Å². The Morgan fingerprint density at radius 1 is 1.50 bits per heavy atom. The van der Waals surface area contributed by atoms with Crippen molar-refractivity contribution in [3.05, 3.63) is 16.1 Å². The summed E-state index contributed by atoms with van der Waals surface area (Å²) in [6.45, 7) is 5.83. The van der Waals surface area contributed by atoms with Crippen LogP contribution in [0.2, 0.25) is 0 Å². The van der Waals surface area contributed by atoms with Gasteiger partial charge in [-0.05, 0) is 20.3 Å². The molecule has 1 aromatic rings. The maximum Gasteiger partial charge on any atom is 0.222 e. The molecule has 0 spiro atoms. The lowest BCUT2D eigenvalue weighted by atomic mass is 10.2. The van der Waals surface area contributed by atoms with Crippen LogP contribution in [0.4, 0.5) is 0 Å². The largest absolute Gasteiger partial charge is 0.348 e. The topological polar surface area (TPSA) is 68.0 Å². The zero-order valence-electron chi connectivity index (χ0n) is 10.8. The maximum absolute atomic E-state index is 11.5. The fourth-order valence-corrected chi connectivity index (χ4v) is 2.19. The summed E-state index contributed by atoms with van der Waals surface area (Å²) >= 11 is 1.63. The molecule has 0 saturated carbocycles. The Balaban J connectivity index is 0. The fourth-order valence-electron chi connectivity index (χ4n) is 1.35. The molecule has 0 aliphatic carbocycles. The summed E-state index contributed by atoms with van der Waals surface area (Å²) in [5.41, 5.74) is 6.49. The molecule has 0 radical (unpaired) electrons. The van der Waals surface area contributed by atoms with Crippen molar-refractivity contribution in [2.75, 3.05) is 0 Å². The summed E-state index contributed by atoms with van der Waals surface area (Å²) in [7, 11) is 0. The third-order valence-electron chi connectivity index (χ3n) is 2.20. The third-order valence-corrected chi connectivity index (χ3v) is 3.21. The van der Waals surface area contributed by atoms with E-state index in [-0.39, 0.29) is 42.8 Å². The van der Waals surface area contributed by atoms with Crippen molar-refractivity contribution >= 4 is 42.1 Å². The van der Waals surface area contributed by atoms with Gasteiger partial charge in [-0.25, -0.2) is 4.98 Å². The van der Waals surface area contributed by atoms with E-state index in [9.17, 15) is 4.79 Å². The van der Waals surface area contributed by atoms with Crippen LogP contribution in [0.5, 0.6) is 0 Å². The van der Waals surface area contributed by atoms with Gasteiger partial charge < -0.3 is 11.1 Å². The summed E-state index contributed by atoms with van der Waals surface area (Å²) in [6, 6.07) is -0.142. The molecule has 106 valence electrons. The van der Waals surface area contributed by atoms with Crippen LogP contribution in [0, 0.1) is 0 Å². The summed E-state index contributed by atoms with van der Waals surface area (Å²) in [5.74, 6) is -0.0199. The third kappa shape index (κ3) is 6.54. The van der Waals surface area contributed by atoms with E-state index in [1.54, 1.807) is 11.3 Å². The standard InChI is InChI=1S/C11H19N3OS.2ClH/c1-4-11-14-9(6-16-11)8(3)13-10(15)5-7(2)12;;/h6-8H,4-5,12H2,1-3H3,(H,13,15);2*1H. The monoisotopic (exact) mass is 313 g/mol. The van der Waals surface area contributed by atoms with Crippen LogP contribution >= 0.6 is 36.2 Å². The molecular formula is C11H21Cl2N3OS. The highest BCUT2D eigenvalue weighted by Crippen LogP contribution is 2.16. The minimum atomic E-state index is -0.103. The molecular weight excluding hydrogens is 293 g/mol. The van der Waals surface area contributed by atoms with E-state index in [2.05, 4.69) is 17.2 Å². The molecule has 3 N–H and O–H groups in total. The molecule has 1 amide bonds. The van der Waals surface area contributed by atoms with E-state index in [1.165, 1.54) is 0 Å². The van der Waals surface area contributed by atoms with Crippen molar-refractivity contribution in [1.82, 2.24) is 10.3 Å². The Labute approximate surface area is 125 Å². The van der Waals surface area contributed by atoms with Gasteiger partial charge >= 0.3 is 0 Å². The van der Waals surface area contributed by atoms with Crippen molar-refractivity contribution in [2.45, 2.75) is 45.7 Å². The molecule has 18 heavy (non-hydrogen) atoms. The van der Waals surface area contributed by atoms with Gasteiger partial charge in [-0.15, -0.1) is 36.2 Å². The van der Waals surface area contributed by atoms with E-state index < -0.39 is 0 Å². The Hall–Kier alpha value is -0.360. The summed E-state index contributed by atoms with van der Waals surface area (Å²) in [5, 5.41) is 5.99. The van der Waals surface area contributed by atoms with Crippen molar-refractivity contribution in [1.29, 1.82) is 0 Å². The molecule has 0 aliphatic rings. The highest BCUT2D eigenvalue weighted by molar-refractivity contribution is 7.09. The molecule has 0 aliphatic heterocycles. The van der Waals surface area contributed by atoms with Gasteiger partial charge in [-0.1, -0.05) is 6.92 Å². The van der Waals surface area contributed by atoms with Crippen LogP contribution in [0.15, 0.2) is 5.38 Å². The van der Waals surface area contributed by atoms with Gasteiger partial charge in [0.05, 0.1) is 16.7 Å². The second-order valence-electron chi connectivity index (χ2n) is 3.99. The molecule has 0 aromatic carbocycles. The fraction of sp³-hybridized carbons (Fsp3) is 0.636. The Morgan fingerprint density at radius 3 is 2.56 bits per heavy atom. The summed E-state index contributed by atoms with van der Waals surface area (Å²) < 4.78 is 0. The number of nitrogens with zero attached hydrogens (tertiary/aromatic N) is 1. The highest BCUT2D eigenvalue weighted by Gasteiger charge is 2.13. The smallest absolute Gasteiger partial charge is 0.222 e. The van der Waals surface area contributed by atoms with E-state index >= 15 is 0 Å². The first-order valence-corrected chi connectivity index (χ1v) is 6.40. The Bertz CT molecular complexity index is 358. The SMILES string of the molecule is CCc1nc(C(C)NC(=O)CC(C)N)cs1.Cl.Cl. The van der Waals surface area contributed by atoms with Crippen molar-refractivity contribution < 1.29 is 4.79 Å². The van der Waals surface area contributed by atoms with Gasteiger partial charge in [0.25, 0.3) is 0 Å². The number of aryl methyl sites for hydroxylation is 1. The number of nitrogens with two attached hydrogens (primary N) is 1. The summed E-state index contributed by atoms with van der Waals surface area (Å²) in [4.78, 5) is 15.9. The lowest BCUT2D eigenvalue weighted by Crippen LogP contribution is -2.31. The Kier molecular flexibility index (Phi) is 10.6. The lowest BCUT2D eigenvalue weighted by Gasteiger charge is -2.12. The van der Waals surface area contributed by atoms with E-state index in [4.69, 9.17) is 5.73 Å². The number of nitrogens with one attached hydrogen (secondary N) is 1. The molecule has 7 heteroatoms. The van der Waals surface area contributed by atoms with Gasteiger partial charge in [-0.2, -0.15) is 0 Å². The molecule has 2 atom stereocenters. The minimum absolute atomic E-state index is 0. The number of halogens is 2. The second kappa shape index (κ2) is 9.55. The zero-order valence-corrected chi connectivity index (χ0v) is 13.3. The van der Waals surface area contributed by atoms with Gasteiger partial charge in [-0.3, -0.25) is 4.79 Å². The minimum Gasteiger partial charge on any atom is -0.348 e. The molecule has 4 nitrogen and oxygen atoms in total. The molecule has 0 bridgehead atoms. The summed E-state index contributed by atoms with van der Waals surface area (Å²) in [6.07, 6.45) is 1.29. The van der Waals surface area contributed by atoms with E-state index in [0.29, 0.717) is 6.42 Å². The van der Waals surface area contributed by atoms with Crippen LogP contribution in [-0.2, 0) is 11.2 Å². The molecule has 2 unspecified atom stereocenters. The van der Waals surface area contributed by atoms with Crippen LogP contribution in [0.1, 0.15) is 43.9 Å². The molecule has 1 aromatic heterocycles. The molecule has 1 heterocycles. The van der Waals surface area contributed by atoms with Crippen LogP contribution in [-0.4, -0.2) is 16.9 Å². The number of carbonyl (C=O) groups excluding carboxylic acids is 1. The van der Waals surface area contributed by atoms with Crippen LogP contribution < -0.4 is 11.1 Å². The number of thiazole rings is 1. The quantitative estimate of drug-likeness (QED) is 0.877. The first-order valence-electron chi connectivity index (χ1n) is 5.52. The van der Waals surface area contributed by atoms with E-state index in [1.807, 2.05) is 19.2 Å². The zero-order chi connectivity index (χ0) is 12.1. The number of hydrogen-bond acceptors (Lipinski definition) is 4. The van der Waals surface area contributed by atoms with Gasteiger partial charge in [0.1, 0.15) is 0 Å². The number of rotatable bonds is 5. The number of amides is 1. The maximum atomic E-state index is 11.5. The normalized spacial score (nSPS) is 12.9. The predicted molar refractivity (Wildman–Crippen MR) is 80.8 cm³/mol. The van der Waals surface area contributed by atoms with Crippen LogP contribution in [0.3, 0.4) is 0 Å². The number of hydrogen-bond donors (Lipinski definition) is 2. The predicted octanol–water partition coefficient (Wildman–Crippen LogP) is 2.46. The van der Waals surface area contributed by atoms with Crippen molar-refractivity contribution in [3.8, 4) is 0 Å². The van der Waals surface area contributed by atoms with Crippen molar-refractivity contribution in [3.63, 3.8) is 0 Å². The van der Waals surface area contributed by atoms with Gasteiger partial charge in [0.2, 0.25) is 5.91 Å². The Morgan fingerprint density at radius 2 is 2.11 bits per heavy atom. The first-order chi connectivity index (χ1) is 7.52. The van der Waals surface area contributed by atoms with Gasteiger partial charge in [0, 0.05) is 17.8 Å². The highest BCUT2D eigenvalue weighted by atomic mass is 35.5. The molecule has 0 fully saturated rings. The number of carbonyl (C=O) groups is 1. The number of aromatic nitrogens is 1. The first kappa shape index (κ1) is 20.0. The van der Waals surface area contributed by atoms with E-state index in [0.717, 1.165) is 17.1 Å². The average molecular weight is 314 g/mol. The second-order valence-corrected chi connectivity index (χ2v) is 4.93. The lowest BCUT2D eigenvalue weighted by molar-refractivity contribution is -0.122.